The Morgan fingerprint density at radius 1 is 1.18 bits per heavy atom. The molecule has 0 heterocycles. The Labute approximate surface area is 101 Å². The number of aliphatic hydroxyl groups excluding tert-OH is 1. The van der Waals surface area contributed by atoms with Gasteiger partial charge in [0, 0.05) is 6.42 Å². The van der Waals surface area contributed by atoms with E-state index in [2.05, 4.69) is 0 Å². The molecule has 0 aromatic heterocycles. The molecule has 6 nitrogen and oxygen atoms in total. The van der Waals surface area contributed by atoms with E-state index in [1.807, 2.05) is 0 Å². The van der Waals surface area contributed by atoms with Crippen LogP contribution < -0.4 is 0 Å². The molecule has 0 bridgehead atoms. The lowest BCUT2D eigenvalue weighted by Crippen LogP contribution is -2.67. The predicted molar refractivity (Wildman–Crippen MR) is 61.5 cm³/mol. The molecular formula is C11H22NO5+. The Morgan fingerprint density at radius 2 is 1.59 bits per heavy atom. The Balaban J connectivity index is 5.74. The summed E-state index contributed by atoms with van der Waals surface area (Å²) in [6, 6.07) is 0. The molecule has 0 amide bonds. The van der Waals surface area contributed by atoms with Gasteiger partial charge in [-0.25, -0.2) is 4.79 Å². The summed E-state index contributed by atoms with van der Waals surface area (Å²) in [5.74, 6) is -3.49. The molecule has 0 fully saturated rings. The van der Waals surface area contributed by atoms with Crippen LogP contribution in [-0.4, -0.2) is 64.5 Å². The van der Waals surface area contributed by atoms with Crippen molar-refractivity contribution < 1.29 is 29.4 Å². The summed E-state index contributed by atoms with van der Waals surface area (Å²) >= 11 is 0. The molecule has 0 saturated heterocycles. The monoisotopic (exact) mass is 248 g/mol. The molecule has 0 aliphatic rings. The minimum Gasteiger partial charge on any atom is -0.481 e. The molecule has 0 rings (SSSR count). The van der Waals surface area contributed by atoms with Gasteiger partial charge in [0.1, 0.15) is 5.92 Å². The van der Waals surface area contributed by atoms with E-state index in [0.717, 1.165) is 0 Å². The Morgan fingerprint density at radius 3 is 1.76 bits per heavy atom. The maximum absolute atomic E-state index is 11.6. The van der Waals surface area contributed by atoms with Gasteiger partial charge in [-0.1, -0.05) is 0 Å². The van der Waals surface area contributed by atoms with Gasteiger partial charge in [0.2, 0.25) is 5.54 Å². The van der Waals surface area contributed by atoms with E-state index in [1.54, 1.807) is 21.1 Å². The average Bonchev–Trinajstić information content (AvgIpc) is 2.09. The van der Waals surface area contributed by atoms with E-state index >= 15 is 0 Å². The van der Waals surface area contributed by atoms with Crippen molar-refractivity contribution in [2.24, 2.45) is 5.92 Å². The zero-order valence-corrected chi connectivity index (χ0v) is 11.0. The number of carboxylic acids is 2. The molecule has 0 spiro atoms. The van der Waals surface area contributed by atoms with Gasteiger partial charge in [0.15, 0.2) is 0 Å². The van der Waals surface area contributed by atoms with Crippen LogP contribution in [0, 0.1) is 5.92 Å². The Hall–Kier alpha value is -1.14. The van der Waals surface area contributed by atoms with E-state index in [4.69, 9.17) is 5.11 Å². The van der Waals surface area contributed by atoms with Crippen LogP contribution in [0.4, 0.5) is 0 Å². The van der Waals surface area contributed by atoms with Crippen LogP contribution in [0.5, 0.6) is 0 Å². The van der Waals surface area contributed by atoms with Crippen LogP contribution in [-0.2, 0) is 9.59 Å². The van der Waals surface area contributed by atoms with Crippen LogP contribution in [0.2, 0.25) is 0 Å². The number of carbonyl (C=O) groups is 2. The molecule has 3 unspecified atom stereocenters. The second-order valence-corrected chi connectivity index (χ2v) is 5.35. The zero-order valence-electron chi connectivity index (χ0n) is 11.0. The highest BCUT2D eigenvalue weighted by Crippen LogP contribution is 2.33. The molecule has 3 atom stereocenters. The van der Waals surface area contributed by atoms with Crippen molar-refractivity contribution in [2.75, 3.05) is 21.1 Å². The first-order valence-electron chi connectivity index (χ1n) is 5.42. The van der Waals surface area contributed by atoms with Gasteiger partial charge in [0.25, 0.3) is 0 Å². The van der Waals surface area contributed by atoms with Gasteiger partial charge in [0.05, 0.1) is 27.2 Å². The largest absolute Gasteiger partial charge is 0.481 e. The fourth-order valence-electron chi connectivity index (χ4n) is 2.25. The highest BCUT2D eigenvalue weighted by molar-refractivity contribution is 5.85. The third-order valence-corrected chi connectivity index (χ3v) is 3.26. The maximum Gasteiger partial charge on any atom is 0.366 e. The number of hydrogen-bond acceptors (Lipinski definition) is 3. The number of aliphatic hydroxyl groups is 1. The molecule has 0 saturated carbocycles. The van der Waals surface area contributed by atoms with E-state index in [0.29, 0.717) is 0 Å². The first kappa shape index (κ1) is 15.9. The Kier molecular flexibility index (Phi) is 4.68. The van der Waals surface area contributed by atoms with E-state index in [9.17, 15) is 19.8 Å². The number of hydrogen-bond donors (Lipinski definition) is 3. The molecule has 0 aromatic carbocycles. The summed E-state index contributed by atoms with van der Waals surface area (Å²) in [5, 5.41) is 28.0. The molecule has 3 N–H and O–H groups in total. The van der Waals surface area contributed by atoms with Crippen molar-refractivity contribution >= 4 is 11.9 Å². The van der Waals surface area contributed by atoms with Gasteiger partial charge < -0.3 is 19.8 Å². The number of aliphatic carboxylic acids is 2. The number of likely N-dealkylation sites (N-methyl/N-ethyl adjacent to an activating group) is 1. The van der Waals surface area contributed by atoms with Gasteiger partial charge >= 0.3 is 11.9 Å². The second kappa shape index (κ2) is 5.01. The van der Waals surface area contributed by atoms with Crippen molar-refractivity contribution in [1.82, 2.24) is 0 Å². The van der Waals surface area contributed by atoms with Gasteiger partial charge in [-0.3, -0.25) is 4.79 Å². The highest BCUT2D eigenvalue weighted by atomic mass is 16.4. The lowest BCUT2D eigenvalue weighted by Gasteiger charge is -2.45. The minimum atomic E-state index is -1.56. The fourth-order valence-corrected chi connectivity index (χ4v) is 2.25. The van der Waals surface area contributed by atoms with Crippen LogP contribution in [0.1, 0.15) is 20.3 Å². The smallest absolute Gasteiger partial charge is 0.366 e. The molecule has 6 heteroatoms. The average molecular weight is 248 g/mol. The quantitative estimate of drug-likeness (QED) is 0.575. The third-order valence-electron chi connectivity index (χ3n) is 3.26. The molecule has 100 valence electrons. The summed E-state index contributed by atoms with van der Waals surface area (Å²) in [6.45, 7) is 2.82. The van der Waals surface area contributed by atoms with Crippen LogP contribution in [0.15, 0.2) is 0 Å². The second-order valence-electron chi connectivity index (χ2n) is 5.35. The summed E-state index contributed by atoms with van der Waals surface area (Å²) in [4.78, 5) is 22.7. The van der Waals surface area contributed by atoms with Crippen molar-refractivity contribution in [2.45, 2.75) is 31.9 Å². The van der Waals surface area contributed by atoms with Crippen molar-refractivity contribution in [3.8, 4) is 0 Å². The number of quaternary nitrogens is 1. The SMILES string of the molecule is CC(O)CC(C(=O)O)(C(C)C(=O)O)[N+](C)(C)C. The summed E-state index contributed by atoms with van der Waals surface area (Å²) in [7, 11) is 4.86. The van der Waals surface area contributed by atoms with Crippen molar-refractivity contribution in [3.63, 3.8) is 0 Å². The maximum atomic E-state index is 11.6. The zero-order chi connectivity index (χ0) is 14.0. The van der Waals surface area contributed by atoms with Gasteiger partial charge in [-0.2, -0.15) is 0 Å². The van der Waals surface area contributed by atoms with Gasteiger partial charge in [-0.15, -0.1) is 0 Å². The number of carboxylic acid groups (broad SMARTS) is 2. The predicted octanol–water partition coefficient (Wildman–Crippen LogP) is 0.00760. The summed E-state index contributed by atoms with van der Waals surface area (Å²) in [5.41, 5.74) is -1.56. The standard InChI is InChI=1S/C11H21NO5/c1-7(13)6-11(10(16)17,12(3,4)5)8(2)9(14)15/h7-8,13H,6H2,1-5H3,(H-,14,15,16,17)/p+1. The molecular weight excluding hydrogens is 226 g/mol. The summed E-state index contributed by atoms with van der Waals surface area (Å²) in [6.07, 6.45) is -0.996. The molecule has 0 aromatic rings. The first-order chi connectivity index (χ1) is 7.46. The number of rotatable bonds is 6. The van der Waals surface area contributed by atoms with E-state index in [-0.39, 0.29) is 10.9 Å². The van der Waals surface area contributed by atoms with Crippen LogP contribution >= 0.6 is 0 Å². The number of nitrogens with zero attached hydrogens (tertiary/aromatic N) is 1. The highest BCUT2D eigenvalue weighted by Gasteiger charge is 2.58. The van der Waals surface area contributed by atoms with E-state index in [1.165, 1.54) is 13.8 Å². The van der Waals surface area contributed by atoms with Crippen molar-refractivity contribution in [1.29, 1.82) is 0 Å². The Bertz CT molecular complexity index is 307. The topological polar surface area (TPSA) is 94.8 Å². The third kappa shape index (κ3) is 2.95. The fraction of sp³-hybridized carbons (Fsp3) is 0.818. The van der Waals surface area contributed by atoms with E-state index < -0.39 is 29.5 Å². The lowest BCUT2D eigenvalue weighted by molar-refractivity contribution is -0.918. The van der Waals surface area contributed by atoms with Gasteiger partial charge in [-0.05, 0) is 13.8 Å². The normalized spacial score (nSPS) is 19.2. The summed E-state index contributed by atoms with van der Waals surface area (Å²) < 4.78 is -0.0687. The van der Waals surface area contributed by atoms with Crippen LogP contribution in [0.3, 0.4) is 0 Å². The minimum absolute atomic E-state index is 0.0687. The molecule has 0 aliphatic heterocycles. The molecule has 0 aliphatic carbocycles. The van der Waals surface area contributed by atoms with Crippen LogP contribution in [0.25, 0.3) is 0 Å². The molecule has 17 heavy (non-hydrogen) atoms. The first-order valence-corrected chi connectivity index (χ1v) is 5.42. The molecule has 0 radical (unpaired) electrons. The lowest BCUT2D eigenvalue weighted by atomic mass is 9.77. The van der Waals surface area contributed by atoms with Crippen molar-refractivity contribution in [3.05, 3.63) is 0 Å².